The van der Waals surface area contributed by atoms with Crippen molar-refractivity contribution in [1.29, 1.82) is 0 Å². The van der Waals surface area contributed by atoms with Crippen molar-refractivity contribution in [3.8, 4) is 0 Å². The molecule has 0 aromatic rings. The molecule has 0 aliphatic rings. The van der Waals surface area contributed by atoms with Crippen LogP contribution in [0.1, 0.15) is 0 Å². The van der Waals surface area contributed by atoms with Gasteiger partial charge in [0.2, 0.25) is 0 Å². The molecule has 0 atom stereocenters. The zero-order valence-electron chi connectivity index (χ0n) is 9.65. The fraction of sp³-hybridized carbons (Fsp3) is 0.222. The van der Waals surface area contributed by atoms with Crippen molar-refractivity contribution in [2.75, 3.05) is 0 Å². The number of nitrogens with two attached hydrogens (primary N) is 2. The Labute approximate surface area is 109 Å². The van der Waals surface area contributed by atoms with Crippen LogP contribution in [0.5, 0.6) is 0 Å². The third-order valence-corrected chi connectivity index (χ3v) is 1.59. The maximum atomic E-state index is 12.3. The normalized spacial score (nSPS) is 15.9. The van der Waals surface area contributed by atoms with Crippen LogP contribution in [0.15, 0.2) is 38.7 Å². The summed E-state index contributed by atoms with van der Waals surface area (Å²) in [7, 11) is 0. The Balaban J connectivity index is 5.02. The predicted octanol–water partition coefficient (Wildman–Crippen LogP) is 1.88. The molecule has 0 bridgehead atoms. The molecule has 0 aromatic heterocycles. The van der Waals surface area contributed by atoms with E-state index in [1.165, 1.54) is 0 Å². The lowest BCUT2D eigenvalue weighted by Crippen LogP contribution is -2.14. The monoisotopic (exact) mass is 301 g/mol. The fourth-order valence-electron chi connectivity index (χ4n) is 0.705. The van der Waals surface area contributed by atoms with E-state index in [9.17, 15) is 26.3 Å². The van der Waals surface area contributed by atoms with E-state index in [0.29, 0.717) is 12.5 Å². The molecule has 0 rings (SSSR count). The summed E-state index contributed by atoms with van der Waals surface area (Å²) in [5.74, 6) is 0. The molecule has 20 heavy (non-hydrogen) atoms. The van der Waals surface area contributed by atoms with E-state index < -0.39 is 23.5 Å². The quantitative estimate of drug-likeness (QED) is 0.359. The van der Waals surface area contributed by atoms with Crippen LogP contribution in [0.25, 0.3) is 0 Å². The van der Waals surface area contributed by atoms with Crippen molar-refractivity contribution in [1.82, 2.24) is 0 Å². The number of allylic oxidation sites excluding steroid dienone is 2. The first-order valence-corrected chi connectivity index (χ1v) is 4.69. The average molecular weight is 301 g/mol. The van der Waals surface area contributed by atoms with Gasteiger partial charge in [0.1, 0.15) is 0 Å². The summed E-state index contributed by atoms with van der Waals surface area (Å²) in [4.78, 5) is 3.02. The summed E-state index contributed by atoms with van der Waals surface area (Å²) in [6.45, 7) is 0. The smallest absolute Gasteiger partial charge is 0.404 e. The molecule has 0 saturated heterocycles. The van der Waals surface area contributed by atoms with Gasteiger partial charge in [-0.1, -0.05) is 0 Å². The van der Waals surface area contributed by atoms with E-state index >= 15 is 0 Å². The number of aliphatic imine (C=N–C) groups is 1. The lowest BCUT2D eigenvalue weighted by molar-refractivity contribution is -0.0868. The van der Waals surface area contributed by atoms with Gasteiger partial charge in [-0.3, -0.25) is 0 Å². The molecule has 0 amide bonds. The molecule has 11 heteroatoms. The van der Waals surface area contributed by atoms with Crippen LogP contribution in [0.4, 0.5) is 26.3 Å². The van der Waals surface area contributed by atoms with E-state index in [2.05, 4.69) is 20.9 Å². The Bertz CT molecular complexity index is 454. The third kappa shape index (κ3) is 6.56. The highest BCUT2D eigenvalue weighted by Gasteiger charge is 2.33. The first kappa shape index (κ1) is 17.7. The number of rotatable bonds is 4. The molecular formula is C9H9F6N5. The summed E-state index contributed by atoms with van der Waals surface area (Å²) in [6.07, 6.45) is -8.07. The average Bonchev–Trinajstić information content (AvgIpc) is 2.29. The SMILES string of the molecule is NC=N\C=C(/C=N\N=C\C(=C/N)C(F)(F)F)C(F)(F)F. The van der Waals surface area contributed by atoms with Gasteiger partial charge in [0, 0.05) is 12.4 Å². The molecule has 0 aliphatic carbocycles. The summed E-state index contributed by atoms with van der Waals surface area (Å²) >= 11 is 0. The van der Waals surface area contributed by atoms with Crippen molar-refractivity contribution >= 4 is 18.8 Å². The Morgan fingerprint density at radius 3 is 1.60 bits per heavy atom. The maximum Gasteiger partial charge on any atom is 0.419 e. The highest BCUT2D eigenvalue weighted by Crippen LogP contribution is 2.24. The van der Waals surface area contributed by atoms with Gasteiger partial charge in [0.05, 0.1) is 29.9 Å². The standard InChI is InChI=1S/C9H9F6N5/c10-8(11,12)6(1-16)3-19-20-4-7(2-18-5-17)9(13,14)15/h1-5H,16H2,(H2,17,18)/b6-1+,7-2+,19-3+,20-4-. The van der Waals surface area contributed by atoms with Crippen molar-refractivity contribution < 1.29 is 26.3 Å². The molecule has 5 nitrogen and oxygen atoms in total. The second kappa shape index (κ2) is 7.31. The van der Waals surface area contributed by atoms with E-state index in [1.54, 1.807) is 0 Å². The van der Waals surface area contributed by atoms with Gasteiger partial charge in [-0.05, 0) is 0 Å². The number of hydrogen-bond donors (Lipinski definition) is 2. The van der Waals surface area contributed by atoms with Crippen LogP contribution in [0, 0.1) is 0 Å². The van der Waals surface area contributed by atoms with E-state index in [1.807, 2.05) is 0 Å². The third-order valence-electron chi connectivity index (χ3n) is 1.59. The first-order chi connectivity index (χ1) is 9.12. The minimum Gasteiger partial charge on any atom is -0.404 e. The lowest BCUT2D eigenvalue weighted by Gasteiger charge is -2.05. The van der Waals surface area contributed by atoms with Gasteiger partial charge in [-0.25, -0.2) is 4.99 Å². The number of halogens is 6. The van der Waals surface area contributed by atoms with Crippen LogP contribution in [-0.2, 0) is 0 Å². The van der Waals surface area contributed by atoms with Gasteiger partial charge >= 0.3 is 12.4 Å². The molecule has 0 aromatic carbocycles. The Morgan fingerprint density at radius 1 is 0.800 bits per heavy atom. The highest BCUT2D eigenvalue weighted by atomic mass is 19.4. The van der Waals surface area contributed by atoms with Crippen LogP contribution in [0.3, 0.4) is 0 Å². The molecule has 4 N–H and O–H groups in total. The second-order valence-corrected chi connectivity index (χ2v) is 2.99. The predicted molar refractivity (Wildman–Crippen MR) is 62.1 cm³/mol. The van der Waals surface area contributed by atoms with Crippen LogP contribution in [-0.4, -0.2) is 31.1 Å². The molecule has 0 aliphatic heterocycles. The second-order valence-electron chi connectivity index (χ2n) is 2.99. The summed E-state index contributed by atoms with van der Waals surface area (Å²) in [5.41, 5.74) is 6.74. The fourth-order valence-corrected chi connectivity index (χ4v) is 0.705. The number of hydrogen-bond acceptors (Lipinski definition) is 4. The summed E-state index contributed by atoms with van der Waals surface area (Å²) < 4.78 is 73.5. The summed E-state index contributed by atoms with van der Waals surface area (Å²) in [6, 6.07) is 0. The number of alkyl halides is 6. The first-order valence-electron chi connectivity index (χ1n) is 4.69. The van der Waals surface area contributed by atoms with Gasteiger partial charge in [0.25, 0.3) is 0 Å². The van der Waals surface area contributed by atoms with Crippen molar-refractivity contribution in [2.45, 2.75) is 12.4 Å². The summed E-state index contributed by atoms with van der Waals surface area (Å²) in [5, 5.41) is 5.66. The molecule has 112 valence electrons. The molecule has 0 radical (unpaired) electrons. The van der Waals surface area contributed by atoms with Crippen molar-refractivity contribution in [3.05, 3.63) is 23.5 Å². The highest BCUT2D eigenvalue weighted by molar-refractivity contribution is 5.83. The maximum absolute atomic E-state index is 12.3. The molecular weight excluding hydrogens is 292 g/mol. The zero-order valence-corrected chi connectivity index (χ0v) is 9.65. The minimum absolute atomic E-state index is 0.177. The van der Waals surface area contributed by atoms with Crippen LogP contribution in [0.2, 0.25) is 0 Å². The molecule has 0 fully saturated rings. The zero-order chi connectivity index (χ0) is 15.8. The Kier molecular flexibility index (Phi) is 6.45. The van der Waals surface area contributed by atoms with E-state index in [-0.39, 0.29) is 18.6 Å². The topological polar surface area (TPSA) is 89.1 Å². The molecule has 0 unspecified atom stereocenters. The van der Waals surface area contributed by atoms with Crippen LogP contribution >= 0.6 is 0 Å². The molecule has 0 spiro atoms. The molecule has 0 saturated carbocycles. The van der Waals surface area contributed by atoms with Crippen molar-refractivity contribution in [3.63, 3.8) is 0 Å². The minimum atomic E-state index is -4.80. The van der Waals surface area contributed by atoms with Gasteiger partial charge in [0.15, 0.2) is 0 Å². The lowest BCUT2D eigenvalue weighted by atomic mass is 10.3. The van der Waals surface area contributed by atoms with Gasteiger partial charge in [-0.15, -0.1) is 0 Å². The van der Waals surface area contributed by atoms with Crippen LogP contribution < -0.4 is 11.5 Å². The largest absolute Gasteiger partial charge is 0.419 e. The molecule has 0 heterocycles. The van der Waals surface area contributed by atoms with Gasteiger partial charge < -0.3 is 11.5 Å². The van der Waals surface area contributed by atoms with E-state index in [4.69, 9.17) is 5.73 Å². The Morgan fingerprint density at radius 2 is 1.25 bits per heavy atom. The van der Waals surface area contributed by atoms with E-state index in [0.717, 1.165) is 0 Å². The van der Waals surface area contributed by atoms with Gasteiger partial charge in [-0.2, -0.15) is 36.5 Å². The Hall–Kier alpha value is -2.33. The van der Waals surface area contributed by atoms with Crippen molar-refractivity contribution in [2.24, 2.45) is 26.7 Å². The number of nitrogens with zero attached hydrogens (tertiary/aromatic N) is 3.